The van der Waals surface area contributed by atoms with Crippen molar-refractivity contribution < 1.29 is 19.1 Å². The van der Waals surface area contributed by atoms with Crippen LogP contribution in [-0.4, -0.2) is 36.6 Å². The predicted octanol–water partition coefficient (Wildman–Crippen LogP) is 4.51. The van der Waals surface area contributed by atoms with E-state index in [0.717, 1.165) is 5.56 Å². The van der Waals surface area contributed by atoms with Crippen LogP contribution < -0.4 is 14.9 Å². The molecule has 0 saturated carbocycles. The highest BCUT2D eigenvalue weighted by Crippen LogP contribution is 2.27. The lowest BCUT2D eigenvalue weighted by molar-refractivity contribution is 0.0355. The fourth-order valence-electron chi connectivity index (χ4n) is 2.98. The number of hydrogen-bond acceptors (Lipinski definition) is 4. The molecular formula is C22H27ClN2O4. The highest BCUT2D eigenvalue weighted by molar-refractivity contribution is 6.30. The van der Waals surface area contributed by atoms with Gasteiger partial charge < -0.3 is 9.47 Å². The van der Waals surface area contributed by atoms with E-state index in [9.17, 15) is 9.59 Å². The molecule has 0 spiro atoms. The van der Waals surface area contributed by atoms with E-state index in [1.807, 2.05) is 27.7 Å². The van der Waals surface area contributed by atoms with Gasteiger partial charge in [-0.05, 0) is 57.5 Å². The summed E-state index contributed by atoms with van der Waals surface area (Å²) < 4.78 is 10.7. The summed E-state index contributed by atoms with van der Waals surface area (Å²) in [6.45, 7) is 7.44. The van der Waals surface area contributed by atoms with Crippen molar-refractivity contribution in [3.63, 3.8) is 0 Å². The first-order chi connectivity index (χ1) is 13.6. The first-order valence-electron chi connectivity index (χ1n) is 9.29. The van der Waals surface area contributed by atoms with Crippen molar-refractivity contribution in [2.45, 2.75) is 39.7 Å². The minimum absolute atomic E-state index is 0.300. The molecule has 0 fully saturated rings. The summed E-state index contributed by atoms with van der Waals surface area (Å²) in [7, 11) is 3.03. The largest absolute Gasteiger partial charge is 0.496 e. The zero-order valence-electron chi connectivity index (χ0n) is 17.6. The summed E-state index contributed by atoms with van der Waals surface area (Å²) in [4.78, 5) is 26.4. The number of methoxy groups -OCH3 is 2. The number of rotatable bonds is 5. The van der Waals surface area contributed by atoms with Crippen molar-refractivity contribution in [2.75, 3.05) is 14.2 Å². The first kappa shape index (κ1) is 22.6. The Labute approximate surface area is 176 Å². The fraction of sp³-hybridized carbons (Fsp3) is 0.364. The predicted molar refractivity (Wildman–Crippen MR) is 114 cm³/mol. The summed E-state index contributed by atoms with van der Waals surface area (Å²) in [5, 5.41) is 1.76. The van der Waals surface area contributed by atoms with Crippen LogP contribution in [0, 0.1) is 0 Å². The minimum Gasteiger partial charge on any atom is -0.496 e. The van der Waals surface area contributed by atoms with E-state index in [1.54, 1.807) is 43.5 Å². The van der Waals surface area contributed by atoms with E-state index < -0.39 is 17.4 Å². The van der Waals surface area contributed by atoms with Gasteiger partial charge in [0, 0.05) is 16.1 Å². The van der Waals surface area contributed by atoms with Crippen molar-refractivity contribution in [3.05, 3.63) is 58.1 Å². The average molecular weight is 419 g/mol. The molecule has 0 bridgehead atoms. The van der Waals surface area contributed by atoms with Gasteiger partial charge >= 0.3 is 0 Å². The highest BCUT2D eigenvalue weighted by atomic mass is 35.5. The number of hydrazine groups is 1. The van der Waals surface area contributed by atoms with Crippen molar-refractivity contribution in [1.29, 1.82) is 0 Å². The molecule has 0 aliphatic rings. The Hall–Kier alpha value is -2.73. The van der Waals surface area contributed by atoms with Crippen LogP contribution >= 0.6 is 11.6 Å². The number of halogens is 1. The summed E-state index contributed by atoms with van der Waals surface area (Å²) in [6.07, 6.45) is 0.612. The Morgan fingerprint density at radius 2 is 1.69 bits per heavy atom. The highest BCUT2D eigenvalue weighted by Gasteiger charge is 2.32. The van der Waals surface area contributed by atoms with Gasteiger partial charge in [-0.3, -0.25) is 15.0 Å². The van der Waals surface area contributed by atoms with Gasteiger partial charge in [0.1, 0.15) is 11.5 Å². The number of nitrogens with zero attached hydrogens (tertiary/aromatic N) is 1. The van der Waals surface area contributed by atoms with Gasteiger partial charge in [0.2, 0.25) is 0 Å². The van der Waals surface area contributed by atoms with Crippen LogP contribution in [0.15, 0.2) is 36.4 Å². The third-order valence-corrected chi connectivity index (χ3v) is 4.67. The minimum atomic E-state index is -0.692. The summed E-state index contributed by atoms with van der Waals surface area (Å²) in [5.74, 6) is 0.173. The molecule has 0 heterocycles. The number of benzene rings is 2. The quantitative estimate of drug-likeness (QED) is 0.725. The third kappa shape index (κ3) is 5.01. The number of ether oxygens (including phenoxy) is 2. The second-order valence-electron chi connectivity index (χ2n) is 7.44. The number of hydrogen-bond donors (Lipinski definition) is 1. The Morgan fingerprint density at radius 3 is 2.24 bits per heavy atom. The van der Waals surface area contributed by atoms with Crippen LogP contribution in [0.3, 0.4) is 0 Å². The zero-order valence-corrected chi connectivity index (χ0v) is 18.4. The van der Waals surface area contributed by atoms with Crippen LogP contribution in [0.5, 0.6) is 11.5 Å². The molecule has 0 saturated heterocycles. The zero-order chi connectivity index (χ0) is 21.8. The lowest BCUT2D eigenvalue weighted by atomic mass is 10.0. The molecule has 2 aromatic carbocycles. The summed E-state index contributed by atoms with van der Waals surface area (Å²) >= 11 is 6.01. The second kappa shape index (κ2) is 9.18. The standard InChI is InChI=1S/C22H27ClN2O4/c1-7-15-16(9-8-10-18(15)28-5)20(26)24-25(22(2,3)4)21(27)17-12-11-14(23)13-19(17)29-6/h8-13H,7H2,1-6H3,(H,24,26). The van der Waals surface area contributed by atoms with Gasteiger partial charge in [-0.25, -0.2) is 5.01 Å². The summed E-state index contributed by atoms with van der Waals surface area (Å²) in [5.41, 5.74) is 3.60. The van der Waals surface area contributed by atoms with Crippen LogP contribution in [0.1, 0.15) is 54.0 Å². The maximum atomic E-state index is 13.3. The van der Waals surface area contributed by atoms with E-state index in [2.05, 4.69) is 5.43 Å². The monoisotopic (exact) mass is 418 g/mol. The maximum absolute atomic E-state index is 13.3. The van der Waals surface area contributed by atoms with Gasteiger partial charge in [-0.2, -0.15) is 0 Å². The van der Waals surface area contributed by atoms with Gasteiger partial charge in [0.15, 0.2) is 0 Å². The van der Waals surface area contributed by atoms with E-state index >= 15 is 0 Å². The number of carbonyl (C=O) groups excluding carboxylic acids is 2. The van der Waals surface area contributed by atoms with Crippen molar-refractivity contribution in [3.8, 4) is 11.5 Å². The van der Waals surface area contributed by atoms with E-state index in [0.29, 0.717) is 34.1 Å². The molecule has 2 rings (SSSR count). The van der Waals surface area contributed by atoms with Crippen LogP contribution in [0.25, 0.3) is 0 Å². The number of amides is 2. The molecule has 0 aromatic heterocycles. The van der Waals surface area contributed by atoms with Gasteiger partial charge in [0.05, 0.1) is 25.3 Å². The third-order valence-electron chi connectivity index (χ3n) is 4.43. The molecule has 156 valence electrons. The van der Waals surface area contributed by atoms with Gasteiger partial charge in [0.25, 0.3) is 11.8 Å². The SMILES string of the molecule is CCc1c(OC)cccc1C(=O)NN(C(=O)c1ccc(Cl)cc1OC)C(C)(C)C. The molecule has 29 heavy (non-hydrogen) atoms. The molecule has 7 heteroatoms. The lowest BCUT2D eigenvalue weighted by Gasteiger charge is -2.36. The molecule has 2 amide bonds. The molecule has 6 nitrogen and oxygen atoms in total. The summed E-state index contributed by atoms with van der Waals surface area (Å²) in [6, 6.07) is 10.0. The maximum Gasteiger partial charge on any atom is 0.276 e. The Bertz CT molecular complexity index is 906. The molecule has 0 unspecified atom stereocenters. The molecule has 0 radical (unpaired) electrons. The lowest BCUT2D eigenvalue weighted by Crippen LogP contribution is -2.56. The van der Waals surface area contributed by atoms with Crippen molar-refractivity contribution in [2.24, 2.45) is 0 Å². The Balaban J connectivity index is 2.43. The van der Waals surface area contributed by atoms with E-state index in [-0.39, 0.29) is 0 Å². The first-order valence-corrected chi connectivity index (χ1v) is 9.66. The molecular weight excluding hydrogens is 392 g/mol. The van der Waals surface area contributed by atoms with E-state index in [1.165, 1.54) is 12.1 Å². The van der Waals surface area contributed by atoms with Gasteiger partial charge in [-0.1, -0.05) is 24.6 Å². The topological polar surface area (TPSA) is 67.9 Å². The fourth-order valence-corrected chi connectivity index (χ4v) is 3.14. The normalized spacial score (nSPS) is 11.0. The molecule has 0 aliphatic carbocycles. The van der Waals surface area contributed by atoms with Crippen LogP contribution in [0.2, 0.25) is 5.02 Å². The Morgan fingerprint density at radius 1 is 1.03 bits per heavy atom. The van der Waals surface area contributed by atoms with Crippen molar-refractivity contribution >= 4 is 23.4 Å². The molecule has 1 N–H and O–H groups in total. The Kier molecular flexibility index (Phi) is 7.14. The molecule has 0 atom stereocenters. The molecule has 0 aliphatic heterocycles. The number of carbonyl (C=O) groups is 2. The van der Waals surface area contributed by atoms with Crippen molar-refractivity contribution in [1.82, 2.24) is 10.4 Å². The van der Waals surface area contributed by atoms with Gasteiger partial charge in [-0.15, -0.1) is 0 Å². The molecule has 2 aromatic rings. The van der Waals surface area contributed by atoms with Crippen LogP contribution in [-0.2, 0) is 6.42 Å². The average Bonchev–Trinajstić information content (AvgIpc) is 2.69. The van der Waals surface area contributed by atoms with Crippen LogP contribution in [0.4, 0.5) is 0 Å². The second-order valence-corrected chi connectivity index (χ2v) is 7.87. The smallest absolute Gasteiger partial charge is 0.276 e. The van der Waals surface area contributed by atoms with E-state index in [4.69, 9.17) is 21.1 Å². The number of nitrogens with one attached hydrogen (secondary N) is 1.